The van der Waals surface area contributed by atoms with E-state index in [2.05, 4.69) is 46.0 Å². The van der Waals surface area contributed by atoms with Crippen LogP contribution in [-0.4, -0.2) is 35.6 Å². The van der Waals surface area contributed by atoms with Crippen molar-refractivity contribution >= 4 is 17.2 Å². The molecule has 22 heavy (non-hydrogen) atoms. The zero-order valence-corrected chi connectivity index (χ0v) is 14.4. The van der Waals surface area contributed by atoms with Gasteiger partial charge in [-0.2, -0.15) is 11.3 Å². The number of carbonyl (C=O) groups excluding carboxylic acids is 1. The quantitative estimate of drug-likeness (QED) is 0.851. The predicted octanol–water partition coefficient (Wildman–Crippen LogP) is 3.17. The highest BCUT2D eigenvalue weighted by Gasteiger charge is 2.22. The van der Waals surface area contributed by atoms with Gasteiger partial charge in [-0.05, 0) is 49.3 Å². The van der Waals surface area contributed by atoms with Crippen LogP contribution in [0.1, 0.15) is 47.3 Å². The topological polar surface area (TPSA) is 58.4 Å². The second-order valence-electron chi connectivity index (χ2n) is 5.20. The number of aromatic nitrogens is 1. The Bertz CT molecular complexity index is 583. The van der Waals surface area contributed by atoms with Crippen LogP contribution in [0.15, 0.2) is 21.3 Å². The van der Waals surface area contributed by atoms with Gasteiger partial charge in [-0.25, -0.2) is 0 Å². The van der Waals surface area contributed by atoms with Crippen LogP contribution in [0.2, 0.25) is 0 Å². The molecule has 1 N–H and O–H groups in total. The molecule has 2 aromatic rings. The second kappa shape index (κ2) is 7.56. The average molecular weight is 321 g/mol. The number of aryl methyl sites for hydroxylation is 2. The van der Waals surface area contributed by atoms with E-state index in [4.69, 9.17) is 4.52 Å². The third kappa shape index (κ3) is 3.56. The lowest BCUT2D eigenvalue weighted by Gasteiger charge is -2.29. The highest BCUT2D eigenvalue weighted by Crippen LogP contribution is 2.22. The summed E-state index contributed by atoms with van der Waals surface area (Å²) < 4.78 is 5.07. The maximum atomic E-state index is 12.4. The van der Waals surface area contributed by atoms with Gasteiger partial charge in [0.1, 0.15) is 11.3 Å². The van der Waals surface area contributed by atoms with E-state index >= 15 is 0 Å². The summed E-state index contributed by atoms with van der Waals surface area (Å²) >= 11 is 1.68. The van der Waals surface area contributed by atoms with E-state index in [1.54, 1.807) is 25.2 Å². The zero-order valence-electron chi connectivity index (χ0n) is 13.5. The van der Waals surface area contributed by atoms with E-state index in [0.717, 1.165) is 13.1 Å². The summed E-state index contributed by atoms with van der Waals surface area (Å²) in [5, 5.41) is 11.1. The van der Waals surface area contributed by atoms with E-state index < -0.39 is 0 Å². The number of rotatable bonds is 7. The minimum atomic E-state index is -0.122. The molecule has 1 amide bonds. The van der Waals surface area contributed by atoms with Crippen molar-refractivity contribution in [1.29, 1.82) is 0 Å². The molecular formula is C16H23N3O2S. The van der Waals surface area contributed by atoms with Gasteiger partial charge in [0.25, 0.3) is 5.91 Å². The molecule has 0 radical (unpaired) electrons. The van der Waals surface area contributed by atoms with Crippen molar-refractivity contribution in [2.24, 2.45) is 0 Å². The van der Waals surface area contributed by atoms with Gasteiger partial charge in [-0.15, -0.1) is 0 Å². The van der Waals surface area contributed by atoms with Crippen LogP contribution in [0.3, 0.4) is 0 Å². The fourth-order valence-corrected chi connectivity index (χ4v) is 3.38. The third-order valence-corrected chi connectivity index (χ3v) is 4.60. The molecule has 2 aromatic heterocycles. The summed E-state index contributed by atoms with van der Waals surface area (Å²) in [4.78, 5) is 14.7. The van der Waals surface area contributed by atoms with Crippen molar-refractivity contribution in [3.8, 4) is 0 Å². The summed E-state index contributed by atoms with van der Waals surface area (Å²) in [7, 11) is 0. The van der Waals surface area contributed by atoms with Crippen molar-refractivity contribution in [1.82, 2.24) is 15.4 Å². The smallest absolute Gasteiger partial charge is 0.256 e. The summed E-state index contributed by atoms with van der Waals surface area (Å²) in [6, 6.07) is 2.31. The van der Waals surface area contributed by atoms with Crippen LogP contribution in [-0.2, 0) is 0 Å². The number of carbonyl (C=O) groups is 1. The monoisotopic (exact) mass is 321 g/mol. The van der Waals surface area contributed by atoms with E-state index in [-0.39, 0.29) is 11.9 Å². The number of hydrogen-bond donors (Lipinski definition) is 1. The Kier molecular flexibility index (Phi) is 5.74. The average Bonchev–Trinajstić information content (AvgIpc) is 3.13. The molecule has 0 unspecified atom stereocenters. The number of likely N-dealkylation sites (N-methyl/N-ethyl adjacent to an activating group) is 1. The fourth-order valence-electron chi connectivity index (χ4n) is 2.67. The van der Waals surface area contributed by atoms with Crippen LogP contribution < -0.4 is 5.32 Å². The van der Waals surface area contributed by atoms with Crippen molar-refractivity contribution in [2.75, 3.05) is 19.6 Å². The van der Waals surface area contributed by atoms with Gasteiger partial charge in [-0.3, -0.25) is 9.69 Å². The van der Waals surface area contributed by atoms with Crippen molar-refractivity contribution < 1.29 is 9.32 Å². The fraction of sp³-hybridized carbons (Fsp3) is 0.500. The Morgan fingerprint density at radius 1 is 1.41 bits per heavy atom. The van der Waals surface area contributed by atoms with Gasteiger partial charge in [0.05, 0.1) is 11.7 Å². The Morgan fingerprint density at radius 3 is 2.64 bits per heavy atom. The molecule has 0 saturated carbocycles. The lowest BCUT2D eigenvalue weighted by atomic mass is 10.1. The molecule has 1 atom stereocenters. The number of nitrogens with zero attached hydrogens (tertiary/aromatic N) is 2. The molecule has 0 aliphatic rings. The summed E-state index contributed by atoms with van der Waals surface area (Å²) in [5.41, 5.74) is 2.42. The standard InChI is InChI=1S/C16H23N3O2S/c1-5-19(6-2)14(13-7-8-22-10-13)9-17-16(20)15-11(3)18-21-12(15)4/h7-8,10,14H,5-6,9H2,1-4H3,(H,17,20)/t14-/m1/s1. The van der Waals surface area contributed by atoms with Crippen LogP contribution in [0, 0.1) is 13.8 Å². The first kappa shape index (κ1) is 16.7. The van der Waals surface area contributed by atoms with E-state index in [9.17, 15) is 4.79 Å². The number of thiophene rings is 1. The minimum Gasteiger partial charge on any atom is -0.361 e. The summed E-state index contributed by atoms with van der Waals surface area (Å²) in [6.07, 6.45) is 0. The van der Waals surface area contributed by atoms with Crippen molar-refractivity contribution in [3.05, 3.63) is 39.4 Å². The molecule has 0 aliphatic carbocycles. The molecular weight excluding hydrogens is 298 g/mol. The largest absolute Gasteiger partial charge is 0.361 e. The molecule has 120 valence electrons. The second-order valence-corrected chi connectivity index (χ2v) is 5.98. The van der Waals surface area contributed by atoms with Gasteiger partial charge in [0.15, 0.2) is 0 Å². The first-order valence-electron chi connectivity index (χ1n) is 7.55. The maximum Gasteiger partial charge on any atom is 0.256 e. The molecule has 2 rings (SSSR count). The minimum absolute atomic E-state index is 0.122. The van der Waals surface area contributed by atoms with Gasteiger partial charge < -0.3 is 9.84 Å². The lowest BCUT2D eigenvalue weighted by molar-refractivity contribution is 0.0933. The highest BCUT2D eigenvalue weighted by molar-refractivity contribution is 7.07. The van der Waals surface area contributed by atoms with Crippen LogP contribution >= 0.6 is 11.3 Å². The first-order valence-corrected chi connectivity index (χ1v) is 8.49. The van der Waals surface area contributed by atoms with E-state index in [0.29, 0.717) is 23.6 Å². The van der Waals surface area contributed by atoms with Gasteiger partial charge in [-0.1, -0.05) is 19.0 Å². The first-order chi connectivity index (χ1) is 10.6. The van der Waals surface area contributed by atoms with Crippen LogP contribution in [0.5, 0.6) is 0 Å². The Labute approximate surface area is 135 Å². The van der Waals surface area contributed by atoms with Gasteiger partial charge in [0.2, 0.25) is 0 Å². The molecule has 6 heteroatoms. The van der Waals surface area contributed by atoms with Crippen LogP contribution in [0.4, 0.5) is 0 Å². The molecule has 2 heterocycles. The van der Waals surface area contributed by atoms with Crippen molar-refractivity contribution in [3.63, 3.8) is 0 Å². The molecule has 5 nitrogen and oxygen atoms in total. The number of hydrogen-bond acceptors (Lipinski definition) is 5. The molecule has 0 bridgehead atoms. The Balaban J connectivity index is 2.10. The molecule has 0 aromatic carbocycles. The normalized spacial score (nSPS) is 12.6. The predicted molar refractivity (Wildman–Crippen MR) is 88.3 cm³/mol. The molecule has 0 fully saturated rings. The number of nitrogens with one attached hydrogen (secondary N) is 1. The molecule has 0 saturated heterocycles. The third-order valence-electron chi connectivity index (χ3n) is 3.90. The van der Waals surface area contributed by atoms with E-state index in [1.165, 1.54) is 5.56 Å². The highest BCUT2D eigenvalue weighted by atomic mass is 32.1. The van der Waals surface area contributed by atoms with Crippen molar-refractivity contribution in [2.45, 2.75) is 33.7 Å². The maximum absolute atomic E-state index is 12.4. The molecule has 0 aliphatic heterocycles. The Morgan fingerprint density at radius 2 is 2.14 bits per heavy atom. The summed E-state index contributed by atoms with van der Waals surface area (Å²) in [5.74, 6) is 0.438. The van der Waals surface area contributed by atoms with E-state index in [1.807, 2.05) is 0 Å². The lowest BCUT2D eigenvalue weighted by Crippen LogP contribution is -2.38. The zero-order chi connectivity index (χ0) is 16.1. The summed E-state index contributed by atoms with van der Waals surface area (Å²) in [6.45, 7) is 10.3. The Hall–Kier alpha value is -1.66. The van der Waals surface area contributed by atoms with Gasteiger partial charge >= 0.3 is 0 Å². The van der Waals surface area contributed by atoms with Crippen LogP contribution in [0.25, 0.3) is 0 Å². The molecule has 0 spiro atoms. The number of amides is 1. The van der Waals surface area contributed by atoms with Gasteiger partial charge in [0, 0.05) is 6.54 Å². The SMILES string of the molecule is CCN(CC)[C@H](CNC(=O)c1c(C)noc1C)c1ccsc1.